The quantitative estimate of drug-likeness (QED) is 0.848. The van der Waals surface area contributed by atoms with Crippen molar-refractivity contribution in [2.45, 2.75) is 75.5 Å². The lowest BCUT2D eigenvalue weighted by Crippen LogP contribution is -2.59. The molecule has 3 nitrogen and oxygen atoms in total. The molecule has 2 aliphatic rings. The Morgan fingerprint density at radius 1 is 0.947 bits per heavy atom. The monoisotopic (exact) mass is 268 g/mol. The van der Waals surface area contributed by atoms with Gasteiger partial charge >= 0.3 is 0 Å². The van der Waals surface area contributed by atoms with Crippen molar-refractivity contribution in [3.05, 3.63) is 0 Å². The van der Waals surface area contributed by atoms with E-state index >= 15 is 0 Å². The van der Waals surface area contributed by atoms with E-state index in [0.29, 0.717) is 11.6 Å². The van der Waals surface area contributed by atoms with Gasteiger partial charge < -0.3 is 10.0 Å². The fraction of sp³-hybridized carbons (Fsp3) is 1.00. The average Bonchev–Trinajstić information content (AvgIpc) is 2.28. The summed E-state index contributed by atoms with van der Waals surface area (Å²) in [7, 11) is 6.64. The van der Waals surface area contributed by atoms with E-state index in [0.717, 1.165) is 13.0 Å². The predicted octanol–water partition coefficient (Wildman–Crippen LogP) is 2.49. The summed E-state index contributed by atoms with van der Waals surface area (Å²) in [5, 5.41) is 10.4. The SMILES string of the molecule is CN(CC1(N(C)C)CCC1)C1CCCCCCC1O. The van der Waals surface area contributed by atoms with Gasteiger partial charge in [-0.2, -0.15) is 0 Å². The molecule has 0 radical (unpaired) electrons. The van der Waals surface area contributed by atoms with E-state index in [1.807, 2.05) is 0 Å². The molecule has 2 unspecified atom stereocenters. The van der Waals surface area contributed by atoms with Gasteiger partial charge in [0, 0.05) is 18.1 Å². The largest absolute Gasteiger partial charge is 0.391 e. The molecule has 2 atom stereocenters. The Kier molecular flexibility index (Phi) is 5.27. The third-order valence-electron chi connectivity index (χ3n) is 5.54. The predicted molar refractivity (Wildman–Crippen MR) is 80.4 cm³/mol. The van der Waals surface area contributed by atoms with Gasteiger partial charge in [0.2, 0.25) is 0 Å². The first-order valence-electron chi connectivity index (χ1n) is 8.11. The first-order valence-corrected chi connectivity index (χ1v) is 8.11. The van der Waals surface area contributed by atoms with Crippen LogP contribution in [0.15, 0.2) is 0 Å². The lowest BCUT2D eigenvalue weighted by atomic mass is 9.75. The van der Waals surface area contributed by atoms with Gasteiger partial charge in [0.15, 0.2) is 0 Å². The molecule has 3 heteroatoms. The van der Waals surface area contributed by atoms with Crippen molar-refractivity contribution in [3.8, 4) is 0 Å². The van der Waals surface area contributed by atoms with E-state index in [2.05, 4.69) is 30.9 Å². The molecule has 0 aromatic carbocycles. The Balaban J connectivity index is 1.94. The Morgan fingerprint density at radius 3 is 2.11 bits per heavy atom. The first kappa shape index (κ1) is 15.3. The van der Waals surface area contributed by atoms with Crippen LogP contribution in [0, 0.1) is 0 Å². The van der Waals surface area contributed by atoms with Crippen LogP contribution in [0.1, 0.15) is 57.8 Å². The molecular weight excluding hydrogens is 236 g/mol. The summed E-state index contributed by atoms with van der Waals surface area (Å²) in [6.45, 7) is 1.11. The summed E-state index contributed by atoms with van der Waals surface area (Å²) in [4.78, 5) is 4.86. The zero-order chi connectivity index (χ0) is 13.9. The van der Waals surface area contributed by atoms with E-state index in [1.165, 1.54) is 51.4 Å². The molecule has 2 fully saturated rings. The van der Waals surface area contributed by atoms with Crippen LogP contribution < -0.4 is 0 Å². The van der Waals surface area contributed by atoms with Gasteiger partial charge in [-0.3, -0.25) is 4.90 Å². The Hall–Kier alpha value is -0.120. The van der Waals surface area contributed by atoms with Crippen molar-refractivity contribution in [1.82, 2.24) is 9.80 Å². The fourth-order valence-electron chi connectivity index (χ4n) is 3.87. The van der Waals surface area contributed by atoms with Gasteiger partial charge in [0.1, 0.15) is 0 Å². The molecule has 19 heavy (non-hydrogen) atoms. The number of rotatable bonds is 4. The van der Waals surface area contributed by atoms with Crippen LogP contribution in [-0.4, -0.2) is 60.3 Å². The van der Waals surface area contributed by atoms with Crippen LogP contribution in [-0.2, 0) is 0 Å². The lowest BCUT2D eigenvalue weighted by molar-refractivity contribution is -0.0176. The highest BCUT2D eigenvalue weighted by Gasteiger charge is 2.41. The lowest BCUT2D eigenvalue weighted by Gasteiger charge is -2.51. The molecular formula is C16H32N2O. The highest BCUT2D eigenvalue weighted by Crippen LogP contribution is 2.37. The van der Waals surface area contributed by atoms with Crippen LogP contribution in [0.25, 0.3) is 0 Å². The van der Waals surface area contributed by atoms with Gasteiger partial charge in [-0.05, 0) is 53.2 Å². The molecule has 2 saturated carbocycles. The maximum Gasteiger partial charge on any atom is 0.0695 e. The summed E-state index contributed by atoms with van der Waals surface area (Å²) in [6, 6.07) is 0.373. The van der Waals surface area contributed by atoms with Gasteiger partial charge in [-0.15, -0.1) is 0 Å². The second-order valence-corrected chi connectivity index (χ2v) is 7.01. The van der Waals surface area contributed by atoms with Crippen molar-refractivity contribution in [2.75, 3.05) is 27.7 Å². The van der Waals surface area contributed by atoms with Crippen molar-refractivity contribution in [2.24, 2.45) is 0 Å². The average molecular weight is 268 g/mol. The molecule has 112 valence electrons. The molecule has 0 aromatic rings. The van der Waals surface area contributed by atoms with Crippen LogP contribution >= 0.6 is 0 Å². The van der Waals surface area contributed by atoms with Gasteiger partial charge in [0.25, 0.3) is 0 Å². The van der Waals surface area contributed by atoms with Crippen LogP contribution in [0.2, 0.25) is 0 Å². The van der Waals surface area contributed by atoms with Gasteiger partial charge in [0.05, 0.1) is 6.10 Å². The van der Waals surface area contributed by atoms with E-state index in [9.17, 15) is 5.11 Å². The fourth-order valence-corrected chi connectivity index (χ4v) is 3.87. The van der Waals surface area contributed by atoms with Gasteiger partial charge in [-0.1, -0.05) is 25.7 Å². The number of hydrogen-bond acceptors (Lipinski definition) is 3. The van der Waals surface area contributed by atoms with Crippen molar-refractivity contribution in [1.29, 1.82) is 0 Å². The number of aliphatic hydroxyl groups is 1. The third kappa shape index (κ3) is 3.50. The molecule has 0 bridgehead atoms. The second kappa shape index (κ2) is 6.55. The highest BCUT2D eigenvalue weighted by atomic mass is 16.3. The van der Waals surface area contributed by atoms with Crippen molar-refractivity contribution in [3.63, 3.8) is 0 Å². The maximum atomic E-state index is 10.4. The normalized spacial score (nSPS) is 31.9. The minimum Gasteiger partial charge on any atom is -0.391 e. The molecule has 0 amide bonds. The minimum absolute atomic E-state index is 0.121. The Bertz CT molecular complexity index is 276. The van der Waals surface area contributed by atoms with E-state index in [4.69, 9.17) is 0 Å². The van der Waals surface area contributed by atoms with Crippen molar-refractivity contribution >= 4 is 0 Å². The highest BCUT2D eigenvalue weighted by molar-refractivity contribution is 4.99. The summed E-state index contributed by atoms with van der Waals surface area (Å²) in [5.74, 6) is 0. The molecule has 0 spiro atoms. The molecule has 0 heterocycles. The van der Waals surface area contributed by atoms with Crippen LogP contribution in [0.4, 0.5) is 0 Å². The molecule has 0 aromatic heterocycles. The zero-order valence-electron chi connectivity index (χ0n) is 13.1. The number of nitrogens with zero attached hydrogens (tertiary/aromatic N) is 2. The van der Waals surface area contributed by atoms with Gasteiger partial charge in [-0.25, -0.2) is 0 Å². The van der Waals surface area contributed by atoms with Crippen LogP contribution in [0.5, 0.6) is 0 Å². The molecule has 0 saturated heterocycles. The molecule has 2 rings (SSSR count). The Morgan fingerprint density at radius 2 is 1.58 bits per heavy atom. The number of hydrogen-bond donors (Lipinski definition) is 1. The summed E-state index contributed by atoms with van der Waals surface area (Å²) >= 11 is 0. The van der Waals surface area contributed by atoms with E-state index in [1.54, 1.807) is 0 Å². The van der Waals surface area contributed by atoms with E-state index in [-0.39, 0.29) is 6.10 Å². The minimum atomic E-state index is -0.121. The smallest absolute Gasteiger partial charge is 0.0695 e. The van der Waals surface area contributed by atoms with Crippen molar-refractivity contribution < 1.29 is 5.11 Å². The maximum absolute atomic E-state index is 10.4. The number of likely N-dealkylation sites (N-methyl/N-ethyl adjacent to an activating group) is 2. The zero-order valence-corrected chi connectivity index (χ0v) is 13.1. The first-order chi connectivity index (χ1) is 9.05. The Labute approximate surface area is 119 Å². The molecule has 0 aliphatic heterocycles. The molecule has 2 aliphatic carbocycles. The number of aliphatic hydroxyl groups excluding tert-OH is 1. The second-order valence-electron chi connectivity index (χ2n) is 7.01. The summed E-state index contributed by atoms with van der Waals surface area (Å²) in [5.41, 5.74) is 0.372. The molecule has 1 N–H and O–H groups in total. The topological polar surface area (TPSA) is 26.7 Å². The van der Waals surface area contributed by atoms with Crippen LogP contribution in [0.3, 0.4) is 0 Å². The third-order valence-corrected chi connectivity index (χ3v) is 5.54. The summed E-state index contributed by atoms with van der Waals surface area (Å²) in [6.07, 6.45) is 11.1. The standard InChI is InChI=1S/C16H32N2O/c1-17(2)16(11-8-12-16)13-18(3)14-9-6-4-5-7-10-15(14)19/h14-15,19H,4-13H2,1-3H3. The van der Waals surface area contributed by atoms with E-state index < -0.39 is 0 Å². The summed E-state index contributed by atoms with van der Waals surface area (Å²) < 4.78 is 0.